The second-order valence-corrected chi connectivity index (χ2v) is 11.7. The molecule has 1 aromatic heterocycles. The highest BCUT2D eigenvalue weighted by Gasteiger charge is 2.51. The molecule has 0 spiro atoms. The van der Waals surface area contributed by atoms with Crippen LogP contribution in [0.15, 0.2) is 17.1 Å². The maximum atomic E-state index is 12.6. The Hall–Kier alpha value is -2.34. The maximum Gasteiger partial charge on any atom is 0.490 e. The standard InChI is InChI=1S/C15H22N3O17P3/c1-7(19)16-11-4-5-18(15(22)17-11)14-13(32-9(3)21)12(31-8(2)20)10(33-14)6-30-37(26,27)35-38(28,29)34-36(23,24)25/h4-5,10,12-14H,6H2,1-3H3,(H,26,27)(H,28,29)(H2,23,24,25)(H,16,17,19,22). The first-order valence-electron chi connectivity index (χ1n) is 9.93. The first-order valence-corrected chi connectivity index (χ1v) is 14.5. The summed E-state index contributed by atoms with van der Waals surface area (Å²) in [5, 5.41) is 2.27. The van der Waals surface area contributed by atoms with Crippen LogP contribution >= 0.6 is 23.5 Å². The number of nitrogens with zero attached hydrogens (tertiary/aromatic N) is 2. The van der Waals surface area contributed by atoms with Gasteiger partial charge in [0, 0.05) is 27.0 Å². The zero-order valence-electron chi connectivity index (χ0n) is 19.5. The molecule has 20 nitrogen and oxygen atoms in total. The molecule has 38 heavy (non-hydrogen) atoms. The molecule has 6 atom stereocenters. The molecule has 1 aliphatic rings. The van der Waals surface area contributed by atoms with Crippen LogP contribution in [0.5, 0.6) is 0 Å². The molecule has 1 fully saturated rings. The lowest BCUT2D eigenvalue weighted by atomic mass is 10.1. The van der Waals surface area contributed by atoms with Crippen LogP contribution in [-0.4, -0.2) is 71.9 Å². The van der Waals surface area contributed by atoms with Crippen LogP contribution in [0.2, 0.25) is 0 Å². The Bertz CT molecular complexity index is 1280. The van der Waals surface area contributed by atoms with Gasteiger partial charge < -0.3 is 39.1 Å². The van der Waals surface area contributed by atoms with Crippen molar-refractivity contribution in [2.75, 3.05) is 11.9 Å². The van der Waals surface area contributed by atoms with Crippen molar-refractivity contribution in [3.63, 3.8) is 0 Å². The molecule has 2 rings (SSSR count). The van der Waals surface area contributed by atoms with Crippen LogP contribution in [0, 0.1) is 0 Å². The lowest BCUT2D eigenvalue weighted by Crippen LogP contribution is -2.41. The highest BCUT2D eigenvalue weighted by Crippen LogP contribution is 2.66. The number of amides is 1. The molecular weight excluding hydrogens is 587 g/mol. The number of anilines is 1. The number of hydrogen-bond donors (Lipinski definition) is 5. The van der Waals surface area contributed by atoms with E-state index in [-0.39, 0.29) is 5.82 Å². The van der Waals surface area contributed by atoms with E-state index in [4.69, 9.17) is 24.0 Å². The van der Waals surface area contributed by atoms with Gasteiger partial charge >= 0.3 is 41.1 Å². The van der Waals surface area contributed by atoms with Crippen LogP contribution in [0.1, 0.15) is 27.0 Å². The van der Waals surface area contributed by atoms with Crippen LogP contribution in [0.3, 0.4) is 0 Å². The summed E-state index contributed by atoms with van der Waals surface area (Å²) in [6.45, 7) is 1.99. The van der Waals surface area contributed by atoms with Crippen LogP contribution in [-0.2, 0) is 55.4 Å². The Morgan fingerprint density at radius 1 is 1.00 bits per heavy atom. The summed E-state index contributed by atoms with van der Waals surface area (Å²) in [5.41, 5.74) is -1.03. The van der Waals surface area contributed by atoms with Gasteiger partial charge in [0.1, 0.15) is 11.9 Å². The minimum absolute atomic E-state index is 0.137. The highest BCUT2D eigenvalue weighted by atomic mass is 31.3. The zero-order chi connectivity index (χ0) is 29.1. The molecular formula is C15H22N3O17P3. The lowest BCUT2D eigenvalue weighted by molar-refractivity contribution is -0.165. The number of phosphoric acid groups is 3. The number of aromatic nitrogens is 2. The number of carbonyl (C=O) groups excluding carboxylic acids is 3. The average Bonchev–Trinajstić information content (AvgIpc) is 2.99. The molecule has 0 aromatic carbocycles. The van der Waals surface area contributed by atoms with Crippen molar-refractivity contribution in [3.05, 3.63) is 22.7 Å². The van der Waals surface area contributed by atoms with Gasteiger partial charge in [-0.1, -0.05) is 0 Å². The van der Waals surface area contributed by atoms with E-state index in [1.165, 1.54) is 6.07 Å². The molecule has 1 aliphatic heterocycles. The second kappa shape index (κ2) is 12.2. The predicted molar refractivity (Wildman–Crippen MR) is 118 cm³/mol. The van der Waals surface area contributed by atoms with Crippen molar-refractivity contribution in [1.82, 2.24) is 9.55 Å². The predicted octanol–water partition coefficient (Wildman–Crippen LogP) is -0.694. The molecule has 1 saturated heterocycles. The van der Waals surface area contributed by atoms with Crippen LogP contribution in [0.4, 0.5) is 5.82 Å². The minimum atomic E-state index is -5.83. The van der Waals surface area contributed by atoms with Gasteiger partial charge in [-0.25, -0.2) is 18.5 Å². The second-order valence-electron chi connectivity index (χ2n) is 7.28. The number of hydrogen-bond acceptors (Lipinski definition) is 14. The summed E-state index contributed by atoms with van der Waals surface area (Å²) in [5.74, 6) is -2.55. The summed E-state index contributed by atoms with van der Waals surface area (Å²) in [4.78, 5) is 86.9. The van der Waals surface area contributed by atoms with Gasteiger partial charge in [0.25, 0.3) is 0 Å². The fraction of sp³-hybridized carbons (Fsp3) is 0.533. The number of phosphoric ester groups is 1. The van der Waals surface area contributed by atoms with Crippen molar-refractivity contribution in [3.8, 4) is 0 Å². The third-order valence-corrected chi connectivity index (χ3v) is 7.92. The molecule has 1 aromatic rings. The topological polar surface area (TPSA) is 286 Å². The van der Waals surface area contributed by atoms with Crippen LogP contribution < -0.4 is 11.0 Å². The fourth-order valence-electron chi connectivity index (χ4n) is 3.04. The normalized spacial score (nSPS) is 24.6. The molecule has 5 N–H and O–H groups in total. The van der Waals surface area contributed by atoms with Crippen molar-refractivity contribution in [1.29, 1.82) is 0 Å². The molecule has 214 valence electrons. The monoisotopic (exact) mass is 609 g/mol. The van der Waals surface area contributed by atoms with Crippen molar-refractivity contribution in [2.24, 2.45) is 0 Å². The summed E-state index contributed by atoms with van der Waals surface area (Å²) in [6, 6.07) is 1.18. The Labute approximate surface area is 212 Å². The fourth-order valence-corrected chi connectivity index (χ4v) is 6.07. The van der Waals surface area contributed by atoms with Crippen molar-refractivity contribution >= 4 is 47.1 Å². The molecule has 0 saturated carbocycles. The van der Waals surface area contributed by atoms with Gasteiger partial charge in [0.15, 0.2) is 18.4 Å². The zero-order valence-corrected chi connectivity index (χ0v) is 22.2. The maximum absolute atomic E-state index is 12.6. The van der Waals surface area contributed by atoms with Gasteiger partial charge in [-0.3, -0.25) is 23.5 Å². The van der Waals surface area contributed by atoms with Gasteiger partial charge in [0.2, 0.25) is 5.91 Å². The van der Waals surface area contributed by atoms with E-state index in [0.717, 1.165) is 31.5 Å². The minimum Gasteiger partial charge on any atom is -0.456 e. The quantitative estimate of drug-likeness (QED) is 0.153. The molecule has 1 amide bonds. The van der Waals surface area contributed by atoms with E-state index in [0.29, 0.717) is 0 Å². The van der Waals surface area contributed by atoms with E-state index < -0.39 is 78.2 Å². The van der Waals surface area contributed by atoms with E-state index in [9.17, 15) is 42.7 Å². The summed E-state index contributed by atoms with van der Waals surface area (Å²) < 4.78 is 62.6. The van der Waals surface area contributed by atoms with Gasteiger partial charge in [-0.05, 0) is 6.07 Å². The number of esters is 2. The third-order valence-electron chi connectivity index (χ3n) is 4.12. The van der Waals surface area contributed by atoms with Gasteiger partial charge in [-0.2, -0.15) is 13.6 Å². The van der Waals surface area contributed by atoms with E-state index >= 15 is 0 Å². The molecule has 23 heteroatoms. The summed E-state index contributed by atoms with van der Waals surface area (Å²) in [6.07, 6.45) is -5.28. The van der Waals surface area contributed by atoms with Gasteiger partial charge in [-0.15, -0.1) is 0 Å². The number of nitrogens with one attached hydrogen (secondary N) is 1. The average molecular weight is 609 g/mol. The first-order chi connectivity index (χ1) is 17.3. The Morgan fingerprint density at radius 2 is 1.58 bits per heavy atom. The highest BCUT2D eigenvalue weighted by molar-refractivity contribution is 7.66. The largest absolute Gasteiger partial charge is 0.490 e. The number of ether oxygens (including phenoxy) is 3. The number of rotatable bonds is 11. The smallest absolute Gasteiger partial charge is 0.456 e. The Kier molecular flexibility index (Phi) is 10.3. The van der Waals surface area contributed by atoms with Crippen molar-refractivity contribution < 1.29 is 75.0 Å². The van der Waals surface area contributed by atoms with Crippen LogP contribution in [0.25, 0.3) is 0 Å². The third kappa shape index (κ3) is 9.76. The molecule has 2 heterocycles. The van der Waals surface area contributed by atoms with Gasteiger partial charge in [0.05, 0.1) is 6.61 Å². The van der Waals surface area contributed by atoms with E-state index in [1.54, 1.807) is 0 Å². The Morgan fingerprint density at radius 3 is 2.08 bits per heavy atom. The molecule has 0 aliphatic carbocycles. The first kappa shape index (κ1) is 31.9. The molecule has 6 unspecified atom stereocenters. The summed E-state index contributed by atoms with van der Waals surface area (Å²) >= 11 is 0. The van der Waals surface area contributed by atoms with E-state index in [2.05, 4.69) is 23.4 Å². The summed E-state index contributed by atoms with van der Waals surface area (Å²) in [7, 11) is -17.1. The lowest BCUT2D eigenvalue weighted by Gasteiger charge is -2.24. The molecule has 0 bridgehead atoms. The Balaban J connectivity index is 2.35. The van der Waals surface area contributed by atoms with E-state index in [1.807, 2.05) is 0 Å². The molecule has 0 radical (unpaired) electrons. The number of carbonyl (C=O) groups is 3. The SMILES string of the molecule is CC(=O)Nc1ccn(C2OC(COP(=O)(O)OP(=O)(O)OP(=O)(O)O)C(OC(C)=O)C2OC(C)=O)c(=O)n1. The van der Waals surface area contributed by atoms with Crippen molar-refractivity contribution in [2.45, 2.75) is 45.3 Å².